The van der Waals surface area contributed by atoms with Gasteiger partial charge in [0.1, 0.15) is 11.4 Å². The Labute approximate surface area is 102 Å². The highest BCUT2D eigenvalue weighted by molar-refractivity contribution is 5.77. The molecule has 0 amide bonds. The van der Waals surface area contributed by atoms with Crippen LogP contribution in [-0.2, 0) is 16.8 Å². The van der Waals surface area contributed by atoms with Gasteiger partial charge in [0.2, 0.25) is 0 Å². The second kappa shape index (κ2) is 4.51. The molecule has 1 aromatic heterocycles. The first-order chi connectivity index (χ1) is 8.13. The average Bonchev–Trinajstić information content (AvgIpc) is 2.78. The number of hydrogen-bond donors (Lipinski definition) is 1. The fourth-order valence-corrected chi connectivity index (χ4v) is 3.07. The first kappa shape index (κ1) is 12.1. The molecule has 1 N–H and O–H groups in total. The molecular weight excluding hydrogens is 216 g/mol. The summed E-state index contributed by atoms with van der Waals surface area (Å²) in [7, 11) is 0. The van der Waals surface area contributed by atoms with Crippen LogP contribution in [0.1, 0.15) is 45.4 Å². The molecule has 0 spiro atoms. The average molecular weight is 236 g/mol. The lowest BCUT2D eigenvalue weighted by molar-refractivity contribution is -0.152. The maximum absolute atomic E-state index is 11.8. The monoisotopic (exact) mass is 236 g/mol. The van der Waals surface area contributed by atoms with E-state index in [1.807, 2.05) is 24.6 Å². The molecule has 4 nitrogen and oxygen atoms in total. The Morgan fingerprint density at radius 2 is 2.41 bits per heavy atom. The van der Waals surface area contributed by atoms with E-state index in [0.717, 1.165) is 31.5 Å². The minimum atomic E-state index is -0.778. The normalized spacial score (nSPS) is 29.2. The molecule has 1 fully saturated rings. The third-order valence-electron chi connectivity index (χ3n) is 4.09. The number of aromatic nitrogens is 2. The third kappa shape index (κ3) is 1.75. The zero-order valence-corrected chi connectivity index (χ0v) is 10.5. The highest BCUT2D eigenvalue weighted by atomic mass is 16.4. The third-order valence-corrected chi connectivity index (χ3v) is 4.09. The van der Waals surface area contributed by atoms with E-state index in [-0.39, 0.29) is 5.92 Å². The van der Waals surface area contributed by atoms with Crippen molar-refractivity contribution in [1.82, 2.24) is 9.55 Å². The van der Waals surface area contributed by atoms with E-state index in [9.17, 15) is 9.90 Å². The summed E-state index contributed by atoms with van der Waals surface area (Å²) < 4.78 is 1.90. The summed E-state index contributed by atoms with van der Waals surface area (Å²) in [6.45, 7) is 4.06. The molecule has 0 saturated heterocycles. The standard InChI is InChI=1S/C13H20N2O2/c1-3-11-14-8-9-15(11)13(12(16)17)7-5-4-6-10(13)2/h8-10H,3-7H2,1-2H3,(H,16,17). The Kier molecular flexibility index (Phi) is 3.22. The topological polar surface area (TPSA) is 55.1 Å². The zero-order chi connectivity index (χ0) is 12.5. The minimum absolute atomic E-state index is 0.160. The molecule has 0 bridgehead atoms. The van der Waals surface area contributed by atoms with Crippen LogP contribution in [0.5, 0.6) is 0 Å². The van der Waals surface area contributed by atoms with Gasteiger partial charge in [-0.3, -0.25) is 0 Å². The molecule has 1 aliphatic carbocycles. The van der Waals surface area contributed by atoms with Crippen molar-refractivity contribution < 1.29 is 9.90 Å². The van der Waals surface area contributed by atoms with E-state index < -0.39 is 11.5 Å². The summed E-state index contributed by atoms with van der Waals surface area (Å²) in [6.07, 6.45) is 8.12. The van der Waals surface area contributed by atoms with Crippen molar-refractivity contribution >= 4 is 5.97 Å². The van der Waals surface area contributed by atoms with Crippen molar-refractivity contribution in [2.75, 3.05) is 0 Å². The molecule has 1 heterocycles. The first-order valence-electron chi connectivity index (χ1n) is 6.39. The first-order valence-corrected chi connectivity index (χ1v) is 6.39. The lowest BCUT2D eigenvalue weighted by Crippen LogP contribution is -2.49. The Morgan fingerprint density at radius 1 is 1.65 bits per heavy atom. The molecule has 1 saturated carbocycles. The molecular formula is C13H20N2O2. The van der Waals surface area contributed by atoms with Gasteiger partial charge in [-0.05, 0) is 18.8 Å². The van der Waals surface area contributed by atoms with Gasteiger partial charge >= 0.3 is 5.97 Å². The predicted octanol–water partition coefficient (Wildman–Crippen LogP) is 2.44. The molecule has 2 unspecified atom stereocenters. The van der Waals surface area contributed by atoms with E-state index >= 15 is 0 Å². The minimum Gasteiger partial charge on any atom is -0.479 e. The van der Waals surface area contributed by atoms with Crippen molar-refractivity contribution in [3.8, 4) is 0 Å². The highest BCUT2D eigenvalue weighted by Gasteiger charge is 2.47. The number of carbonyl (C=O) groups is 1. The molecule has 4 heteroatoms. The van der Waals surface area contributed by atoms with Crippen molar-refractivity contribution in [3.05, 3.63) is 18.2 Å². The Bertz CT molecular complexity index is 413. The number of rotatable bonds is 3. The Balaban J connectivity index is 2.50. The molecule has 0 aromatic carbocycles. The largest absolute Gasteiger partial charge is 0.479 e. The number of aryl methyl sites for hydroxylation is 1. The van der Waals surface area contributed by atoms with Crippen molar-refractivity contribution in [3.63, 3.8) is 0 Å². The van der Waals surface area contributed by atoms with Crippen LogP contribution in [0.2, 0.25) is 0 Å². The fraction of sp³-hybridized carbons (Fsp3) is 0.692. The van der Waals surface area contributed by atoms with Crippen LogP contribution in [0.3, 0.4) is 0 Å². The van der Waals surface area contributed by atoms with E-state index in [1.54, 1.807) is 6.20 Å². The summed E-state index contributed by atoms with van der Waals surface area (Å²) in [5, 5.41) is 9.70. The molecule has 2 rings (SSSR count). The van der Waals surface area contributed by atoms with Gasteiger partial charge in [0.15, 0.2) is 0 Å². The van der Waals surface area contributed by atoms with Crippen molar-refractivity contribution in [1.29, 1.82) is 0 Å². The van der Waals surface area contributed by atoms with Crippen LogP contribution in [0, 0.1) is 5.92 Å². The van der Waals surface area contributed by atoms with Gasteiger partial charge in [0.05, 0.1) is 0 Å². The van der Waals surface area contributed by atoms with Crippen LogP contribution in [0.15, 0.2) is 12.4 Å². The van der Waals surface area contributed by atoms with E-state index in [1.165, 1.54) is 0 Å². The number of nitrogens with zero attached hydrogens (tertiary/aromatic N) is 2. The number of carboxylic acid groups (broad SMARTS) is 1. The van der Waals surface area contributed by atoms with Gasteiger partial charge in [-0.25, -0.2) is 9.78 Å². The number of aliphatic carboxylic acids is 1. The maximum atomic E-state index is 11.8. The molecule has 0 radical (unpaired) electrons. The molecule has 94 valence electrons. The highest BCUT2D eigenvalue weighted by Crippen LogP contribution is 2.40. The predicted molar refractivity (Wildman–Crippen MR) is 64.8 cm³/mol. The number of imidazole rings is 1. The Morgan fingerprint density at radius 3 is 3.00 bits per heavy atom. The van der Waals surface area contributed by atoms with Gasteiger partial charge in [-0.15, -0.1) is 0 Å². The SMILES string of the molecule is CCc1nccn1C1(C(=O)O)CCCCC1C. The summed E-state index contributed by atoms with van der Waals surface area (Å²) >= 11 is 0. The summed E-state index contributed by atoms with van der Waals surface area (Å²) in [4.78, 5) is 16.1. The van der Waals surface area contributed by atoms with Gasteiger partial charge in [-0.2, -0.15) is 0 Å². The van der Waals surface area contributed by atoms with E-state index in [2.05, 4.69) is 4.98 Å². The van der Waals surface area contributed by atoms with Crippen LogP contribution in [-0.4, -0.2) is 20.6 Å². The van der Waals surface area contributed by atoms with Crippen molar-refractivity contribution in [2.45, 2.75) is 51.5 Å². The molecule has 1 aromatic rings. The van der Waals surface area contributed by atoms with E-state index in [0.29, 0.717) is 6.42 Å². The van der Waals surface area contributed by atoms with E-state index in [4.69, 9.17) is 0 Å². The Hall–Kier alpha value is -1.32. The maximum Gasteiger partial charge on any atom is 0.330 e. The second-order valence-corrected chi connectivity index (χ2v) is 4.94. The van der Waals surface area contributed by atoms with Crippen molar-refractivity contribution in [2.24, 2.45) is 5.92 Å². The van der Waals surface area contributed by atoms with Crippen LogP contribution < -0.4 is 0 Å². The summed E-state index contributed by atoms with van der Waals surface area (Å²) in [5.41, 5.74) is -0.778. The van der Waals surface area contributed by atoms with Gasteiger partial charge in [-0.1, -0.05) is 26.7 Å². The summed E-state index contributed by atoms with van der Waals surface area (Å²) in [5.74, 6) is 0.326. The molecule has 2 atom stereocenters. The van der Waals surface area contributed by atoms with Crippen LogP contribution >= 0.6 is 0 Å². The zero-order valence-electron chi connectivity index (χ0n) is 10.5. The lowest BCUT2D eigenvalue weighted by atomic mass is 9.73. The fourth-order valence-electron chi connectivity index (χ4n) is 3.07. The van der Waals surface area contributed by atoms with Crippen LogP contribution in [0.25, 0.3) is 0 Å². The summed E-state index contributed by atoms with van der Waals surface area (Å²) in [6, 6.07) is 0. The number of hydrogen-bond acceptors (Lipinski definition) is 2. The molecule has 17 heavy (non-hydrogen) atoms. The quantitative estimate of drug-likeness (QED) is 0.877. The van der Waals surface area contributed by atoms with Gasteiger partial charge in [0, 0.05) is 18.8 Å². The molecule has 0 aliphatic heterocycles. The van der Waals surface area contributed by atoms with Crippen LogP contribution in [0.4, 0.5) is 0 Å². The lowest BCUT2D eigenvalue weighted by Gasteiger charge is -2.41. The molecule has 1 aliphatic rings. The number of carboxylic acids is 1. The smallest absolute Gasteiger partial charge is 0.330 e. The second-order valence-electron chi connectivity index (χ2n) is 4.94. The van der Waals surface area contributed by atoms with Gasteiger partial charge < -0.3 is 9.67 Å². The van der Waals surface area contributed by atoms with Gasteiger partial charge in [0.25, 0.3) is 0 Å².